The average Bonchev–Trinajstić information content (AvgIpc) is 3.22. The van der Waals surface area contributed by atoms with Crippen molar-refractivity contribution in [1.82, 2.24) is 0 Å². The van der Waals surface area contributed by atoms with Crippen molar-refractivity contribution in [1.29, 1.82) is 0 Å². The smallest absolute Gasteiger partial charge is 0.550 e. The third kappa shape index (κ3) is 87.5. The van der Waals surface area contributed by atoms with E-state index in [9.17, 15) is 29.7 Å². The second-order valence-corrected chi connectivity index (χ2v) is 18.2. The molecule has 6 nitrogen and oxygen atoms in total. The molecular weight excluding hydrogens is 987 g/mol. The van der Waals surface area contributed by atoms with Gasteiger partial charge in [0.15, 0.2) is 0 Å². The Kier molecular flexibility index (Phi) is 88.3. The van der Waals surface area contributed by atoms with E-state index in [4.69, 9.17) is 0 Å². The molecule has 0 N–H and O–H groups in total. The predicted octanol–water partition coefficient (Wildman–Crippen LogP) is 14.2. The average molecular weight is 1090 g/mol. The molecule has 0 radical (unpaired) electrons. The van der Waals surface area contributed by atoms with E-state index < -0.39 is 17.9 Å². The molecule has 9 heteroatoms. The monoisotopic (exact) mass is 1090 g/mol. The van der Waals surface area contributed by atoms with Gasteiger partial charge in [0.1, 0.15) is 0 Å². The van der Waals surface area contributed by atoms with E-state index in [0.29, 0.717) is 0 Å². The Morgan fingerprint density at radius 1 is 0.238 bits per heavy atom. The fourth-order valence-electron chi connectivity index (χ4n) is 7.92. The van der Waals surface area contributed by atoms with Crippen LogP contribution in [0, 0.1) is 0 Å². The van der Waals surface area contributed by atoms with Crippen molar-refractivity contribution in [2.45, 2.75) is 329 Å². The fraction of sp³-hybridized carbons (Fsp3) is 0.944. The maximum absolute atomic E-state index is 10.2. The Hall–Kier alpha value is 1.86. The van der Waals surface area contributed by atoms with Crippen LogP contribution in [0.15, 0.2) is 0 Å². The zero-order chi connectivity index (χ0) is 44.7. The van der Waals surface area contributed by atoms with Crippen LogP contribution in [0.2, 0.25) is 0 Å². The first kappa shape index (κ1) is 76.4. The minimum absolute atomic E-state index is 0. The molecule has 0 aliphatic rings. The van der Waals surface area contributed by atoms with E-state index in [1.54, 1.807) is 0 Å². The summed E-state index contributed by atoms with van der Waals surface area (Å²) in [6, 6.07) is 0. The normalized spacial score (nSPS) is 10.3. The maximum Gasteiger partial charge on any atom is 2.00 e. The van der Waals surface area contributed by atoms with Gasteiger partial charge in [-0.05, 0) is 38.5 Å². The molecule has 0 atom stereocenters. The molecular formula is C54H105BaCaO6Zn+3. The van der Waals surface area contributed by atoms with E-state index in [2.05, 4.69) is 20.8 Å². The Bertz CT molecular complexity index is 732. The molecule has 0 aliphatic carbocycles. The Morgan fingerprint density at radius 2 is 0.333 bits per heavy atom. The van der Waals surface area contributed by atoms with Gasteiger partial charge in [-0.3, -0.25) is 0 Å². The number of carbonyl (C=O) groups is 3. The van der Waals surface area contributed by atoms with Gasteiger partial charge < -0.3 is 29.7 Å². The summed E-state index contributed by atoms with van der Waals surface area (Å²) >= 11 is 0. The molecule has 0 saturated heterocycles. The van der Waals surface area contributed by atoms with Gasteiger partial charge in [0, 0.05) is 17.9 Å². The summed E-state index contributed by atoms with van der Waals surface area (Å²) in [5, 5.41) is 30.7. The topological polar surface area (TPSA) is 120 Å². The van der Waals surface area contributed by atoms with Crippen LogP contribution >= 0.6 is 0 Å². The Balaban J connectivity index is -0.000000189. The summed E-state index contributed by atoms with van der Waals surface area (Å²) in [5.41, 5.74) is 0. The van der Waals surface area contributed by atoms with Crippen molar-refractivity contribution < 1.29 is 49.2 Å². The number of carboxylic acid groups (broad SMARTS) is 3. The van der Waals surface area contributed by atoms with Crippen LogP contribution in [0.5, 0.6) is 0 Å². The van der Waals surface area contributed by atoms with Gasteiger partial charge in [0.2, 0.25) is 0 Å². The first-order valence-electron chi connectivity index (χ1n) is 26.9. The molecule has 0 fully saturated rings. The van der Waals surface area contributed by atoms with E-state index in [1.165, 1.54) is 250 Å². The van der Waals surface area contributed by atoms with Crippen molar-refractivity contribution >= 4 is 105 Å². The summed E-state index contributed by atoms with van der Waals surface area (Å²) in [4.78, 5) is 30.7. The van der Waals surface area contributed by atoms with Crippen LogP contribution in [0.3, 0.4) is 0 Å². The van der Waals surface area contributed by atoms with Crippen molar-refractivity contribution in [2.24, 2.45) is 0 Å². The molecule has 360 valence electrons. The molecule has 0 aromatic rings. The van der Waals surface area contributed by atoms with Gasteiger partial charge in [-0.15, -0.1) is 0 Å². The summed E-state index contributed by atoms with van der Waals surface area (Å²) in [7, 11) is 0. The van der Waals surface area contributed by atoms with Gasteiger partial charge in [-0.2, -0.15) is 0 Å². The number of hydrogen-bond donors (Lipinski definition) is 0. The largest absolute Gasteiger partial charge is 2.00 e. The third-order valence-electron chi connectivity index (χ3n) is 12.0. The predicted molar refractivity (Wildman–Crippen MR) is 265 cm³/mol. The van der Waals surface area contributed by atoms with E-state index in [1.807, 2.05) is 0 Å². The molecule has 0 unspecified atom stereocenters. The van der Waals surface area contributed by atoms with Gasteiger partial charge in [-0.25, -0.2) is 0 Å². The number of hydrogen-bond acceptors (Lipinski definition) is 6. The van der Waals surface area contributed by atoms with Crippen LogP contribution in [-0.4, -0.2) is 105 Å². The zero-order valence-corrected chi connectivity index (χ0v) is 52.6. The Labute approximate surface area is 477 Å². The summed E-state index contributed by atoms with van der Waals surface area (Å²) in [5.74, 6) is -2.71. The number of carbonyl (C=O) groups excluding carboxylic acids is 3. The second-order valence-electron chi connectivity index (χ2n) is 18.2. The van der Waals surface area contributed by atoms with Crippen LogP contribution in [0.1, 0.15) is 329 Å². The van der Waals surface area contributed by atoms with Gasteiger partial charge in [0.05, 0.1) is 0 Å². The fourth-order valence-corrected chi connectivity index (χ4v) is 7.92. The molecule has 0 spiro atoms. The van der Waals surface area contributed by atoms with E-state index >= 15 is 0 Å². The van der Waals surface area contributed by atoms with Crippen molar-refractivity contribution in [2.75, 3.05) is 0 Å². The SMILES string of the molecule is CCCCCCCCCCCCCCCCCC(=O)[O-].CCCCCCCCCCCCCCCCCC(=O)[O-].CCCCCCCCCCCCCCCCCC(=O)[O-].[Ba+2].[Ca+2].[Zn+2]. The van der Waals surface area contributed by atoms with Crippen LogP contribution < -0.4 is 15.3 Å². The molecule has 0 amide bonds. The van der Waals surface area contributed by atoms with Crippen molar-refractivity contribution in [3.8, 4) is 0 Å². The Morgan fingerprint density at radius 3 is 0.429 bits per heavy atom. The van der Waals surface area contributed by atoms with Gasteiger partial charge in [0.25, 0.3) is 0 Å². The number of unbranched alkanes of at least 4 members (excludes halogenated alkanes) is 42. The van der Waals surface area contributed by atoms with Gasteiger partial charge in [-0.1, -0.05) is 290 Å². The minimum atomic E-state index is -0.903. The van der Waals surface area contributed by atoms with Crippen LogP contribution in [0.4, 0.5) is 0 Å². The second kappa shape index (κ2) is 72.8. The molecule has 0 heterocycles. The number of rotatable bonds is 48. The van der Waals surface area contributed by atoms with Crippen molar-refractivity contribution in [3.05, 3.63) is 0 Å². The molecule has 0 rings (SSSR count). The zero-order valence-electron chi connectivity index (χ0n) is 43.0. The van der Waals surface area contributed by atoms with E-state index in [-0.39, 0.29) is 125 Å². The number of carboxylic acids is 3. The molecule has 0 aromatic carbocycles. The maximum atomic E-state index is 10.2. The molecule has 63 heavy (non-hydrogen) atoms. The molecule has 0 bridgehead atoms. The molecule has 0 aliphatic heterocycles. The third-order valence-corrected chi connectivity index (χ3v) is 12.0. The van der Waals surface area contributed by atoms with Crippen LogP contribution in [-0.2, 0) is 33.9 Å². The van der Waals surface area contributed by atoms with Gasteiger partial charge >= 0.3 is 106 Å². The van der Waals surface area contributed by atoms with Crippen molar-refractivity contribution in [3.63, 3.8) is 0 Å². The standard InChI is InChI=1S/3C18H36O2.Ba.Ca.Zn/c3*1-2-3-4-5-6-7-8-9-10-11-12-13-14-15-16-17-18(19)20;;;/h3*2-17H2,1H3,(H,19,20);;;/q;;;3*+2/p-3. The summed E-state index contributed by atoms with van der Waals surface area (Å²) in [6.07, 6.45) is 59.6. The summed E-state index contributed by atoms with van der Waals surface area (Å²) < 4.78 is 0. The van der Waals surface area contributed by atoms with Crippen LogP contribution in [0.25, 0.3) is 0 Å². The quantitative estimate of drug-likeness (QED) is 0.0442. The molecule has 0 aromatic heterocycles. The first-order valence-corrected chi connectivity index (χ1v) is 26.9. The minimum Gasteiger partial charge on any atom is -0.550 e. The first-order chi connectivity index (χ1) is 29.3. The summed E-state index contributed by atoms with van der Waals surface area (Å²) in [6.45, 7) is 6.80. The molecule has 0 saturated carbocycles. The van der Waals surface area contributed by atoms with E-state index in [0.717, 1.165) is 38.5 Å². The number of aliphatic carboxylic acids is 3.